The molecule has 1 saturated heterocycles. The summed E-state index contributed by atoms with van der Waals surface area (Å²) in [7, 11) is -3.11. The highest BCUT2D eigenvalue weighted by Gasteiger charge is 2.36. The molecule has 1 aromatic heterocycles. The largest absolute Gasteiger partial charge is 0.453 e. The minimum Gasteiger partial charge on any atom is -0.453 e. The number of hydrogen-bond donors (Lipinski definition) is 0. The molecule has 1 aliphatic rings. The summed E-state index contributed by atoms with van der Waals surface area (Å²) in [5.74, 6) is -1.14. The number of likely N-dealkylation sites (N-methyl/N-ethyl adjacent to an activating group) is 1. The maximum Gasteiger partial charge on any atom is 0.307 e. The lowest BCUT2D eigenvalue weighted by atomic mass is 10.2. The Morgan fingerprint density at radius 1 is 1.30 bits per heavy atom. The van der Waals surface area contributed by atoms with Gasteiger partial charge in [-0.3, -0.25) is 14.4 Å². The van der Waals surface area contributed by atoms with Crippen molar-refractivity contribution in [3.63, 3.8) is 0 Å². The van der Waals surface area contributed by atoms with E-state index in [4.69, 9.17) is 4.74 Å². The van der Waals surface area contributed by atoms with E-state index in [9.17, 15) is 22.8 Å². The lowest BCUT2D eigenvalue weighted by Gasteiger charge is -2.29. The summed E-state index contributed by atoms with van der Waals surface area (Å²) >= 11 is 1.38. The van der Waals surface area contributed by atoms with Gasteiger partial charge in [0.2, 0.25) is 0 Å². The second-order valence-electron chi connectivity index (χ2n) is 6.65. The van der Waals surface area contributed by atoms with E-state index in [0.29, 0.717) is 17.8 Å². The second kappa shape index (κ2) is 8.97. The van der Waals surface area contributed by atoms with E-state index >= 15 is 0 Å². The topological polar surface area (TPSA) is 97.8 Å². The highest BCUT2D eigenvalue weighted by atomic mass is 32.2. The number of Topliss-reactive ketones (excluding diaryl/α,β-unsaturated/α-hetero) is 1. The van der Waals surface area contributed by atoms with Gasteiger partial charge in [-0.1, -0.05) is 0 Å². The van der Waals surface area contributed by atoms with Gasteiger partial charge in [-0.05, 0) is 39.3 Å². The maximum absolute atomic E-state index is 12.6. The zero-order valence-electron chi connectivity index (χ0n) is 15.8. The molecule has 1 amide bonds. The van der Waals surface area contributed by atoms with Gasteiger partial charge in [-0.2, -0.15) is 0 Å². The Labute approximate surface area is 163 Å². The van der Waals surface area contributed by atoms with Crippen LogP contribution in [0.5, 0.6) is 0 Å². The van der Waals surface area contributed by atoms with Gasteiger partial charge in [0.05, 0.1) is 22.8 Å². The zero-order chi connectivity index (χ0) is 20.2. The van der Waals surface area contributed by atoms with Crippen molar-refractivity contribution in [2.45, 2.75) is 52.2 Å². The van der Waals surface area contributed by atoms with Crippen molar-refractivity contribution in [2.24, 2.45) is 0 Å². The predicted octanol–water partition coefficient (Wildman–Crippen LogP) is 1.99. The van der Waals surface area contributed by atoms with E-state index in [0.717, 1.165) is 4.88 Å². The van der Waals surface area contributed by atoms with Gasteiger partial charge in [-0.15, -0.1) is 11.3 Å². The molecule has 0 aliphatic carbocycles. The zero-order valence-corrected chi connectivity index (χ0v) is 17.4. The van der Waals surface area contributed by atoms with E-state index < -0.39 is 27.8 Å². The molecule has 0 radical (unpaired) electrons. The summed E-state index contributed by atoms with van der Waals surface area (Å²) in [5, 5.41) is 0. The SMILES string of the molecule is CCN(C(=O)C(C)OC(=O)CCC(=O)c1ccc(C)s1)C1CCS(=O)(=O)C1. The fraction of sp³-hybridized carbons (Fsp3) is 0.611. The molecule has 1 aliphatic heterocycles. The van der Waals surface area contributed by atoms with Gasteiger partial charge in [-0.25, -0.2) is 8.42 Å². The molecule has 2 rings (SSSR count). The Balaban J connectivity index is 1.85. The first-order valence-electron chi connectivity index (χ1n) is 8.93. The number of amides is 1. The van der Waals surface area contributed by atoms with E-state index in [-0.39, 0.29) is 36.2 Å². The molecule has 2 atom stereocenters. The average Bonchev–Trinajstić information content (AvgIpc) is 3.18. The van der Waals surface area contributed by atoms with E-state index in [1.165, 1.54) is 23.2 Å². The van der Waals surface area contributed by atoms with E-state index in [1.807, 2.05) is 13.0 Å². The van der Waals surface area contributed by atoms with Crippen molar-refractivity contribution in [3.8, 4) is 0 Å². The number of carbonyl (C=O) groups is 3. The lowest BCUT2D eigenvalue weighted by molar-refractivity contribution is -0.159. The van der Waals surface area contributed by atoms with E-state index in [1.54, 1.807) is 13.0 Å². The molecule has 1 aromatic rings. The van der Waals surface area contributed by atoms with Crippen LogP contribution in [0.3, 0.4) is 0 Å². The number of hydrogen-bond acceptors (Lipinski definition) is 7. The minimum atomic E-state index is -3.11. The first-order valence-corrected chi connectivity index (χ1v) is 11.6. The van der Waals surface area contributed by atoms with Crippen LogP contribution in [-0.2, 0) is 24.2 Å². The maximum atomic E-state index is 12.6. The Bertz CT molecular complexity index is 814. The Morgan fingerprint density at radius 2 is 2.00 bits per heavy atom. The van der Waals surface area contributed by atoms with Crippen molar-refractivity contribution in [1.82, 2.24) is 4.90 Å². The smallest absolute Gasteiger partial charge is 0.307 e. The molecule has 1 fully saturated rings. The highest BCUT2D eigenvalue weighted by molar-refractivity contribution is 7.91. The fourth-order valence-electron chi connectivity index (χ4n) is 3.08. The minimum absolute atomic E-state index is 0.0259. The third-order valence-electron chi connectivity index (χ3n) is 4.50. The van der Waals surface area contributed by atoms with Crippen LogP contribution in [0.15, 0.2) is 12.1 Å². The molecule has 0 spiro atoms. The molecular weight excluding hydrogens is 390 g/mol. The molecule has 0 N–H and O–H groups in total. The standard InChI is InChI=1S/C18H25NO6S2/c1-4-19(14-9-10-27(23,24)11-14)18(22)13(3)25-17(21)8-6-15(20)16-7-5-12(2)26-16/h5,7,13-14H,4,6,8-11H2,1-3H3. The van der Waals surface area contributed by atoms with Crippen molar-refractivity contribution < 1.29 is 27.5 Å². The Hall–Kier alpha value is -1.74. The molecule has 0 bridgehead atoms. The monoisotopic (exact) mass is 415 g/mol. The van der Waals surface area contributed by atoms with Gasteiger partial charge >= 0.3 is 5.97 Å². The number of esters is 1. The van der Waals surface area contributed by atoms with Crippen LogP contribution < -0.4 is 0 Å². The fourth-order valence-corrected chi connectivity index (χ4v) is 5.64. The van der Waals surface area contributed by atoms with Crippen LogP contribution in [0.25, 0.3) is 0 Å². The van der Waals surface area contributed by atoms with Crippen molar-refractivity contribution in [2.75, 3.05) is 18.1 Å². The molecule has 0 aromatic carbocycles. The average molecular weight is 416 g/mol. The first-order chi connectivity index (χ1) is 12.6. The van der Waals surface area contributed by atoms with Crippen LogP contribution in [0, 0.1) is 6.92 Å². The van der Waals surface area contributed by atoms with Gasteiger partial charge in [0.1, 0.15) is 0 Å². The van der Waals surface area contributed by atoms with Crippen LogP contribution in [-0.4, -0.2) is 61.2 Å². The molecule has 2 unspecified atom stereocenters. The van der Waals surface area contributed by atoms with Gasteiger partial charge < -0.3 is 9.64 Å². The Morgan fingerprint density at radius 3 is 2.52 bits per heavy atom. The predicted molar refractivity (Wildman–Crippen MR) is 103 cm³/mol. The van der Waals surface area contributed by atoms with Gasteiger partial charge in [0, 0.05) is 23.9 Å². The van der Waals surface area contributed by atoms with Crippen LogP contribution in [0.1, 0.15) is 47.7 Å². The number of rotatable bonds is 8. The summed E-state index contributed by atoms with van der Waals surface area (Å²) < 4.78 is 28.5. The summed E-state index contributed by atoms with van der Waals surface area (Å²) in [6.07, 6.45) is -0.688. The number of ether oxygens (including phenoxy) is 1. The molecular formula is C18H25NO6S2. The summed E-state index contributed by atoms with van der Waals surface area (Å²) in [6.45, 7) is 5.48. The summed E-state index contributed by atoms with van der Waals surface area (Å²) in [5.41, 5.74) is 0. The molecule has 7 nitrogen and oxygen atoms in total. The quantitative estimate of drug-likeness (QED) is 0.476. The van der Waals surface area contributed by atoms with Crippen molar-refractivity contribution in [1.29, 1.82) is 0 Å². The molecule has 0 saturated carbocycles. The van der Waals surface area contributed by atoms with Crippen LogP contribution in [0.4, 0.5) is 0 Å². The normalized spacial score (nSPS) is 19.4. The number of aryl methyl sites for hydroxylation is 1. The Kier molecular flexibility index (Phi) is 7.16. The number of nitrogens with zero attached hydrogens (tertiary/aromatic N) is 1. The van der Waals surface area contributed by atoms with Gasteiger partial charge in [0.15, 0.2) is 21.7 Å². The number of sulfone groups is 1. The molecule has 9 heteroatoms. The van der Waals surface area contributed by atoms with Crippen molar-refractivity contribution >= 4 is 38.8 Å². The third-order valence-corrected chi connectivity index (χ3v) is 7.29. The number of thiophene rings is 1. The second-order valence-corrected chi connectivity index (χ2v) is 10.2. The number of ketones is 1. The third kappa shape index (κ3) is 5.87. The van der Waals surface area contributed by atoms with Crippen LogP contribution in [0.2, 0.25) is 0 Å². The van der Waals surface area contributed by atoms with Crippen LogP contribution >= 0.6 is 11.3 Å². The highest BCUT2D eigenvalue weighted by Crippen LogP contribution is 2.20. The molecule has 150 valence electrons. The first kappa shape index (κ1) is 21.6. The summed E-state index contributed by atoms with van der Waals surface area (Å²) in [6, 6.07) is 3.20. The van der Waals surface area contributed by atoms with Crippen molar-refractivity contribution in [3.05, 3.63) is 21.9 Å². The molecule has 2 heterocycles. The van der Waals surface area contributed by atoms with Gasteiger partial charge in [0.25, 0.3) is 5.91 Å². The summed E-state index contributed by atoms with van der Waals surface area (Å²) in [4.78, 5) is 39.7. The van der Waals surface area contributed by atoms with E-state index in [2.05, 4.69) is 0 Å². The lowest BCUT2D eigenvalue weighted by Crippen LogP contribution is -2.46. The molecule has 27 heavy (non-hydrogen) atoms. The number of carbonyl (C=O) groups excluding carboxylic acids is 3.